The van der Waals surface area contributed by atoms with Crippen LogP contribution in [0, 0.1) is 0 Å². The summed E-state index contributed by atoms with van der Waals surface area (Å²) in [5, 5.41) is 6.97. The van der Waals surface area contributed by atoms with Gasteiger partial charge >= 0.3 is 0 Å². The first-order valence-corrected chi connectivity index (χ1v) is 7.19. The molecule has 1 aromatic heterocycles. The summed E-state index contributed by atoms with van der Waals surface area (Å²) in [4.78, 5) is 12.1. The van der Waals surface area contributed by atoms with E-state index in [4.69, 9.17) is 5.73 Å². The van der Waals surface area contributed by atoms with Crippen LogP contribution >= 0.6 is 27.3 Å². The Balaban J connectivity index is 2.12. The number of carbonyl (C=O) groups excluding carboxylic acids is 1. The number of benzene rings is 1. The number of amides is 1. The van der Waals surface area contributed by atoms with Crippen LogP contribution in [0.5, 0.6) is 0 Å². The lowest BCUT2D eigenvalue weighted by Crippen LogP contribution is -2.26. The molecule has 0 aliphatic heterocycles. The molecule has 0 aliphatic rings. The van der Waals surface area contributed by atoms with Crippen molar-refractivity contribution in [2.24, 2.45) is 0 Å². The van der Waals surface area contributed by atoms with Crippen molar-refractivity contribution in [2.45, 2.75) is 13.0 Å². The fourth-order valence-electron chi connectivity index (χ4n) is 1.63. The van der Waals surface area contributed by atoms with Crippen LogP contribution in [-0.4, -0.2) is 5.91 Å². The van der Waals surface area contributed by atoms with Gasteiger partial charge < -0.3 is 11.1 Å². The number of hydrogen-bond donors (Lipinski definition) is 2. The minimum absolute atomic E-state index is 0.0102. The van der Waals surface area contributed by atoms with Gasteiger partial charge in [-0.2, -0.15) is 11.3 Å². The Morgan fingerprint density at radius 1 is 1.44 bits per heavy atom. The molecule has 1 heterocycles. The van der Waals surface area contributed by atoms with E-state index in [1.165, 1.54) is 0 Å². The Morgan fingerprint density at radius 3 is 2.83 bits per heavy atom. The lowest BCUT2D eigenvalue weighted by Gasteiger charge is -2.13. The standard InChI is InChI=1S/C13H13BrN2OS/c1-8(9-2-3-18-7-9)16-13(17)10-4-11(14)6-12(15)5-10/h2-8H,15H2,1H3,(H,16,17). The van der Waals surface area contributed by atoms with E-state index in [0.717, 1.165) is 10.0 Å². The van der Waals surface area contributed by atoms with Crippen LogP contribution in [0.3, 0.4) is 0 Å². The Bertz CT molecular complexity index is 534. The van der Waals surface area contributed by atoms with E-state index in [2.05, 4.69) is 21.2 Å². The van der Waals surface area contributed by atoms with Crippen LogP contribution in [0.2, 0.25) is 0 Å². The summed E-state index contributed by atoms with van der Waals surface area (Å²) in [5.74, 6) is -0.123. The lowest BCUT2D eigenvalue weighted by molar-refractivity contribution is 0.0940. The highest BCUT2D eigenvalue weighted by Crippen LogP contribution is 2.19. The maximum absolute atomic E-state index is 12.1. The van der Waals surface area contributed by atoms with E-state index in [-0.39, 0.29) is 11.9 Å². The van der Waals surface area contributed by atoms with Crippen LogP contribution in [0.15, 0.2) is 39.5 Å². The maximum Gasteiger partial charge on any atom is 0.251 e. The predicted octanol–water partition coefficient (Wildman–Crippen LogP) is 3.58. The zero-order valence-corrected chi connectivity index (χ0v) is 12.2. The minimum atomic E-state index is -0.123. The molecule has 1 amide bonds. The first kappa shape index (κ1) is 13.1. The number of halogens is 1. The third-order valence-corrected chi connectivity index (χ3v) is 3.73. The van der Waals surface area contributed by atoms with Gasteiger partial charge in [0.05, 0.1) is 6.04 Å². The molecule has 1 unspecified atom stereocenters. The number of anilines is 1. The Hall–Kier alpha value is -1.33. The number of thiophene rings is 1. The van der Waals surface area contributed by atoms with Crippen molar-refractivity contribution < 1.29 is 4.79 Å². The molecule has 1 atom stereocenters. The molecule has 0 bridgehead atoms. The van der Waals surface area contributed by atoms with Gasteiger partial charge in [0.25, 0.3) is 5.91 Å². The number of nitrogen functional groups attached to an aromatic ring is 1. The molecule has 3 N–H and O–H groups in total. The topological polar surface area (TPSA) is 55.1 Å². The highest BCUT2D eigenvalue weighted by molar-refractivity contribution is 9.10. The maximum atomic E-state index is 12.1. The molecule has 0 radical (unpaired) electrons. The van der Waals surface area contributed by atoms with Crippen LogP contribution in [-0.2, 0) is 0 Å². The van der Waals surface area contributed by atoms with E-state index in [1.54, 1.807) is 29.5 Å². The van der Waals surface area contributed by atoms with Crippen LogP contribution in [0.25, 0.3) is 0 Å². The van der Waals surface area contributed by atoms with Crippen molar-refractivity contribution in [1.29, 1.82) is 0 Å². The van der Waals surface area contributed by atoms with Crippen molar-refractivity contribution in [3.05, 3.63) is 50.6 Å². The third kappa shape index (κ3) is 3.11. The molecular weight excluding hydrogens is 312 g/mol. The van der Waals surface area contributed by atoms with Gasteiger partial charge in [0.15, 0.2) is 0 Å². The molecule has 0 fully saturated rings. The van der Waals surface area contributed by atoms with Gasteiger partial charge in [0, 0.05) is 15.7 Å². The van der Waals surface area contributed by atoms with Gasteiger partial charge in [-0.3, -0.25) is 4.79 Å². The highest BCUT2D eigenvalue weighted by atomic mass is 79.9. The zero-order valence-electron chi connectivity index (χ0n) is 9.81. The molecule has 0 saturated heterocycles. The molecule has 5 heteroatoms. The Labute approximate surface area is 118 Å². The number of nitrogens with one attached hydrogen (secondary N) is 1. The zero-order chi connectivity index (χ0) is 13.1. The summed E-state index contributed by atoms with van der Waals surface area (Å²) in [6.07, 6.45) is 0. The second kappa shape index (κ2) is 5.54. The average molecular weight is 325 g/mol. The molecule has 18 heavy (non-hydrogen) atoms. The van der Waals surface area contributed by atoms with Gasteiger partial charge in [-0.1, -0.05) is 15.9 Å². The summed E-state index contributed by atoms with van der Waals surface area (Å²) in [7, 11) is 0. The molecule has 1 aromatic carbocycles. The van der Waals surface area contributed by atoms with E-state index in [0.29, 0.717) is 11.3 Å². The predicted molar refractivity (Wildman–Crippen MR) is 78.8 cm³/mol. The molecule has 2 aromatic rings. The molecule has 2 rings (SSSR count). The lowest BCUT2D eigenvalue weighted by atomic mass is 10.1. The summed E-state index contributed by atoms with van der Waals surface area (Å²) in [5.41, 5.74) is 7.95. The molecular formula is C13H13BrN2OS. The van der Waals surface area contributed by atoms with E-state index < -0.39 is 0 Å². The fraction of sp³-hybridized carbons (Fsp3) is 0.154. The number of carbonyl (C=O) groups is 1. The molecule has 0 spiro atoms. The monoisotopic (exact) mass is 324 g/mol. The first-order chi connectivity index (χ1) is 8.56. The van der Waals surface area contributed by atoms with E-state index >= 15 is 0 Å². The minimum Gasteiger partial charge on any atom is -0.399 e. The molecule has 94 valence electrons. The Morgan fingerprint density at radius 2 is 2.22 bits per heavy atom. The SMILES string of the molecule is CC(NC(=O)c1cc(N)cc(Br)c1)c1ccsc1. The number of nitrogens with two attached hydrogens (primary N) is 1. The molecule has 3 nitrogen and oxygen atoms in total. The normalized spacial score (nSPS) is 12.1. The Kier molecular flexibility index (Phi) is 4.04. The van der Waals surface area contributed by atoms with Crippen LogP contribution < -0.4 is 11.1 Å². The van der Waals surface area contributed by atoms with Gasteiger partial charge in [-0.05, 0) is 47.5 Å². The summed E-state index contributed by atoms with van der Waals surface area (Å²) < 4.78 is 0.802. The first-order valence-electron chi connectivity index (χ1n) is 5.45. The largest absolute Gasteiger partial charge is 0.399 e. The van der Waals surface area contributed by atoms with Crippen molar-refractivity contribution in [2.75, 3.05) is 5.73 Å². The smallest absolute Gasteiger partial charge is 0.251 e. The second-order valence-electron chi connectivity index (χ2n) is 4.03. The highest BCUT2D eigenvalue weighted by Gasteiger charge is 2.12. The van der Waals surface area contributed by atoms with Crippen LogP contribution in [0.4, 0.5) is 5.69 Å². The average Bonchev–Trinajstić information content (AvgIpc) is 2.80. The van der Waals surface area contributed by atoms with Gasteiger partial charge in [-0.15, -0.1) is 0 Å². The van der Waals surface area contributed by atoms with Gasteiger partial charge in [0.1, 0.15) is 0 Å². The number of hydrogen-bond acceptors (Lipinski definition) is 3. The molecule has 0 aliphatic carbocycles. The van der Waals surface area contributed by atoms with Gasteiger partial charge in [-0.25, -0.2) is 0 Å². The van der Waals surface area contributed by atoms with Crippen LogP contribution in [0.1, 0.15) is 28.9 Å². The van der Waals surface area contributed by atoms with E-state index in [1.807, 2.05) is 23.8 Å². The second-order valence-corrected chi connectivity index (χ2v) is 5.72. The van der Waals surface area contributed by atoms with Crippen molar-refractivity contribution in [1.82, 2.24) is 5.32 Å². The summed E-state index contributed by atoms with van der Waals surface area (Å²) >= 11 is 4.94. The van der Waals surface area contributed by atoms with Gasteiger partial charge in [0.2, 0.25) is 0 Å². The van der Waals surface area contributed by atoms with Crippen molar-refractivity contribution in [3.63, 3.8) is 0 Å². The quantitative estimate of drug-likeness (QED) is 0.848. The molecule has 0 saturated carbocycles. The number of rotatable bonds is 3. The third-order valence-electron chi connectivity index (χ3n) is 2.57. The van der Waals surface area contributed by atoms with Crippen molar-refractivity contribution >= 4 is 38.9 Å². The fourth-order valence-corrected chi connectivity index (χ4v) is 2.89. The van der Waals surface area contributed by atoms with Crippen molar-refractivity contribution in [3.8, 4) is 0 Å². The summed E-state index contributed by atoms with van der Waals surface area (Å²) in [6, 6.07) is 7.18. The summed E-state index contributed by atoms with van der Waals surface area (Å²) in [6.45, 7) is 1.96. The van der Waals surface area contributed by atoms with E-state index in [9.17, 15) is 4.79 Å².